The van der Waals surface area contributed by atoms with Gasteiger partial charge in [-0.2, -0.15) is 8.42 Å². The van der Waals surface area contributed by atoms with Crippen LogP contribution < -0.4 is 5.32 Å². The van der Waals surface area contributed by atoms with Crippen LogP contribution in [0.5, 0.6) is 0 Å². The molecule has 0 aromatic carbocycles. The van der Waals surface area contributed by atoms with E-state index in [1.807, 2.05) is 18.4 Å². The van der Waals surface area contributed by atoms with E-state index in [0.717, 1.165) is 10.4 Å². The van der Waals surface area contributed by atoms with E-state index in [1.54, 1.807) is 11.3 Å². The van der Waals surface area contributed by atoms with E-state index in [2.05, 4.69) is 5.32 Å². The van der Waals surface area contributed by atoms with Gasteiger partial charge in [-0.15, -0.1) is 11.3 Å². The van der Waals surface area contributed by atoms with Crippen LogP contribution >= 0.6 is 11.3 Å². The van der Waals surface area contributed by atoms with Gasteiger partial charge in [-0.05, 0) is 23.9 Å². The quantitative estimate of drug-likeness (QED) is 0.744. The van der Waals surface area contributed by atoms with Gasteiger partial charge in [-0.3, -0.25) is 9.87 Å². The Balaban J connectivity index is 2.41. The van der Waals surface area contributed by atoms with Crippen molar-refractivity contribution in [3.05, 3.63) is 21.9 Å². The minimum Gasteiger partial charge on any atom is -0.297 e. The molecule has 0 bridgehead atoms. The molecule has 0 saturated carbocycles. The van der Waals surface area contributed by atoms with Crippen LogP contribution in [0.1, 0.15) is 10.4 Å². The second-order valence-corrected chi connectivity index (χ2v) is 5.13. The topological polar surface area (TPSA) is 66.4 Å². The van der Waals surface area contributed by atoms with E-state index < -0.39 is 16.0 Å². The second kappa shape index (κ2) is 4.19. The van der Waals surface area contributed by atoms with Gasteiger partial charge in [0.1, 0.15) is 5.88 Å². The van der Waals surface area contributed by atoms with Crippen molar-refractivity contribution in [2.45, 2.75) is 13.5 Å². The van der Waals surface area contributed by atoms with Crippen molar-refractivity contribution in [1.82, 2.24) is 5.32 Å². The first kappa shape index (κ1) is 10.6. The summed E-state index contributed by atoms with van der Waals surface area (Å²) in [5, 5.41) is 4.59. The molecule has 74 valence electrons. The van der Waals surface area contributed by atoms with Crippen molar-refractivity contribution >= 4 is 21.5 Å². The zero-order chi connectivity index (χ0) is 9.90. The van der Waals surface area contributed by atoms with Crippen LogP contribution in [0.25, 0.3) is 0 Å². The van der Waals surface area contributed by atoms with Crippen LogP contribution in [-0.4, -0.2) is 18.8 Å². The molecule has 0 spiro atoms. The van der Waals surface area contributed by atoms with Crippen LogP contribution in [-0.2, 0) is 16.7 Å². The fraction of sp³-hybridized carbons (Fsp3) is 0.429. The van der Waals surface area contributed by atoms with Crippen molar-refractivity contribution in [1.29, 1.82) is 0 Å². The molecule has 0 saturated heterocycles. The normalized spacial score (nSPS) is 11.8. The smallest absolute Gasteiger partial charge is 0.278 e. The van der Waals surface area contributed by atoms with Crippen LogP contribution in [0.3, 0.4) is 0 Å². The Morgan fingerprint density at radius 2 is 2.31 bits per heavy atom. The zero-order valence-corrected chi connectivity index (χ0v) is 8.78. The molecule has 0 aliphatic rings. The van der Waals surface area contributed by atoms with E-state index in [0.29, 0.717) is 6.54 Å². The van der Waals surface area contributed by atoms with Gasteiger partial charge in [0.15, 0.2) is 0 Å². The average Bonchev–Trinajstić information content (AvgIpc) is 2.34. The summed E-state index contributed by atoms with van der Waals surface area (Å²) in [6.45, 7) is 2.43. The zero-order valence-electron chi connectivity index (χ0n) is 7.15. The Kier molecular flexibility index (Phi) is 3.43. The third kappa shape index (κ3) is 3.86. The lowest BCUT2D eigenvalue weighted by molar-refractivity contribution is 0.476. The lowest BCUT2D eigenvalue weighted by Gasteiger charge is -2.00. The molecule has 0 atom stereocenters. The maximum Gasteiger partial charge on any atom is 0.278 e. The minimum atomic E-state index is -3.90. The molecule has 0 aliphatic carbocycles. The molecule has 6 heteroatoms. The highest BCUT2D eigenvalue weighted by atomic mass is 32.2. The second-order valence-electron chi connectivity index (χ2n) is 2.68. The van der Waals surface area contributed by atoms with Crippen LogP contribution in [0.4, 0.5) is 0 Å². The highest BCUT2D eigenvalue weighted by Crippen LogP contribution is 2.14. The largest absolute Gasteiger partial charge is 0.297 e. The molecule has 1 rings (SSSR count). The summed E-state index contributed by atoms with van der Waals surface area (Å²) in [5.74, 6) is -0.398. The van der Waals surface area contributed by atoms with Gasteiger partial charge in [0.05, 0.1) is 0 Å². The molecule has 1 aromatic heterocycles. The summed E-state index contributed by atoms with van der Waals surface area (Å²) < 4.78 is 29.1. The molecule has 1 heterocycles. The van der Waals surface area contributed by atoms with Crippen LogP contribution in [0, 0.1) is 6.92 Å². The summed E-state index contributed by atoms with van der Waals surface area (Å²) >= 11 is 1.56. The first-order valence-corrected chi connectivity index (χ1v) is 6.17. The van der Waals surface area contributed by atoms with Gasteiger partial charge in [-0.25, -0.2) is 0 Å². The number of hydrogen-bond acceptors (Lipinski definition) is 4. The molecule has 1 aromatic rings. The van der Waals surface area contributed by atoms with E-state index in [9.17, 15) is 8.42 Å². The Morgan fingerprint density at radius 1 is 1.62 bits per heavy atom. The number of aryl methyl sites for hydroxylation is 1. The van der Waals surface area contributed by atoms with Crippen molar-refractivity contribution in [2.75, 3.05) is 5.88 Å². The molecule has 2 N–H and O–H groups in total. The van der Waals surface area contributed by atoms with Crippen LogP contribution in [0.15, 0.2) is 11.4 Å². The summed E-state index contributed by atoms with van der Waals surface area (Å²) in [4.78, 5) is 1.09. The van der Waals surface area contributed by atoms with Crippen molar-refractivity contribution in [3.63, 3.8) is 0 Å². The van der Waals surface area contributed by atoms with Crippen LogP contribution in [0.2, 0.25) is 0 Å². The summed E-state index contributed by atoms with van der Waals surface area (Å²) in [6, 6.07) is 1.97. The monoisotopic (exact) mass is 221 g/mol. The van der Waals surface area contributed by atoms with E-state index in [1.165, 1.54) is 0 Å². The maximum atomic E-state index is 10.3. The summed E-state index contributed by atoms with van der Waals surface area (Å²) in [7, 11) is -3.90. The molecule has 0 unspecified atom stereocenters. The Labute approximate surface area is 81.3 Å². The van der Waals surface area contributed by atoms with Gasteiger partial charge in [-0.1, -0.05) is 0 Å². The Hall–Kier alpha value is -0.430. The van der Waals surface area contributed by atoms with E-state index in [4.69, 9.17) is 4.55 Å². The molecule has 13 heavy (non-hydrogen) atoms. The predicted octanol–water partition coefficient (Wildman–Crippen LogP) is 0.991. The summed E-state index contributed by atoms with van der Waals surface area (Å²) in [6.07, 6.45) is 0. The fourth-order valence-electron chi connectivity index (χ4n) is 0.879. The lowest BCUT2D eigenvalue weighted by Crippen LogP contribution is -2.21. The molecule has 0 radical (unpaired) electrons. The van der Waals surface area contributed by atoms with Crippen molar-refractivity contribution in [2.24, 2.45) is 0 Å². The third-order valence-corrected chi connectivity index (χ3v) is 3.13. The van der Waals surface area contributed by atoms with Gasteiger partial charge in [0.25, 0.3) is 10.1 Å². The standard InChI is InChI=1S/C7H11NO3S2/c1-6-2-3-12-7(6)4-8-5-13(9,10)11/h2-3,8H,4-5H2,1H3,(H,9,10,11). The molecular weight excluding hydrogens is 210 g/mol. The average molecular weight is 221 g/mol. The fourth-order valence-corrected chi connectivity index (χ4v) is 2.11. The molecule has 4 nitrogen and oxygen atoms in total. The highest BCUT2D eigenvalue weighted by molar-refractivity contribution is 7.85. The van der Waals surface area contributed by atoms with Gasteiger partial charge >= 0.3 is 0 Å². The number of thiophene rings is 1. The predicted molar refractivity (Wildman–Crippen MR) is 52.3 cm³/mol. The van der Waals surface area contributed by atoms with Gasteiger partial charge < -0.3 is 0 Å². The molecule has 0 fully saturated rings. The Morgan fingerprint density at radius 3 is 2.77 bits per heavy atom. The van der Waals surface area contributed by atoms with Crippen molar-refractivity contribution in [3.8, 4) is 0 Å². The van der Waals surface area contributed by atoms with Gasteiger partial charge in [0, 0.05) is 11.4 Å². The maximum absolute atomic E-state index is 10.3. The van der Waals surface area contributed by atoms with Crippen molar-refractivity contribution < 1.29 is 13.0 Å². The van der Waals surface area contributed by atoms with E-state index >= 15 is 0 Å². The lowest BCUT2D eigenvalue weighted by atomic mass is 10.3. The minimum absolute atomic E-state index is 0.398. The molecule has 0 aliphatic heterocycles. The summed E-state index contributed by atoms with van der Waals surface area (Å²) in [5.41, 5.74) is 1.13. The first-order chi connectivity index (χ1) is 5.99. The van der Waals surface area contributed by atoms with E-state index in [-0.39, 0.29) is 0 Å². The Bertz CT molecular complexity index is 369. The SMILES string of the molecule is Cc1ccsc1CNCS(=O)(=O)O. The molecule has 0 amide bonds. The molecular formula is C7H11NO3S2. The number of nitrogens with one attached hydrogen (secondary N) is 1. The highest BCUT2D eigenvalue weighted by Gasteiger charge is 2.04. The van der Waals surface area contributed by atoms with Gasteiger partial charge in [0.2, 0.25) is 0 Å². The third-order valence-electron chi connectivity index (χ3n) is 1.54. The number of rotatable bonds is 4. The number of hydrogen-bond donors (Lipinski definition) is 2. The first-order valence-electron chi connectivity index (χ1n) is 3.68.